The van der Waals surface area contributed by atoms with E-state index < -0.39 is 0 Å². The summed E-state index contributed by atoms with van der Waals surface area (Å²) < 4.78 is 5.41. The molecule has 0 fully saturated rings. The predicted molar refractivity (Wildman–Crippen MR) is 76.9 cm³/mol. The number of fused-ring (bicyclic) bond motifs is 1. The molecule has 5 heteroatoms. The van der Waals surface area contributed by atoms with Gasteiger partial charge in [0.25, 0.3) is 5.56 Å². The van der Waals surface area contributed by atoms with E-state index in [4.69, 9.17) is 4.74 Å². The second-order valence-corrected chi connectivity index (χ2v) is 4.53. The molecule has 0 atom stereocenters. The molecule has 0 aliphatic heterocycles. The minimum absolute atomic E-state index is 0.225. The molecule has 100 valence electrons. The maximum Gasteiger partial charge on any atom is 0.272 e. The van der Waals surface area contributed by atoms with Gasteiger partial charge in [-0.25, -0.2) is 5.10 Å². The number of aromatic nitrogens is 3. The maximum atomic E-state index is 11.8. The fourth-order valence-electron chi connectivity index (χ4n) is 2.21. The largest absolute Gasteiger partial charge is 0.496 e. The molecule has 0 bridgehead atoms. The van der Waals surface area contributed by atoms with Gasteiger partial charge in [0.15, 0.2) is 0 Å². The van der Waals surface area contributed by atoms with Gasteiger partial charge in [0.2, 0.25) is 0 Å². The molecule has 2 aromatic heterocycles. The van der Waals surface area contributed by atoms with E-state index in [1.165, 1.54) is 0 Å². The van der Waals surface area contributed by atoms with Crippen LogP contribution in [-0.2, 0) is 0 Å². The van der Waals surface area contributed by atoms with Crippen molar-refractivity contribution in [3.63, 3.8) is 0 Å². The van der Waals surface area contributed by atoms with Gasteiger partial charge >= 0.3 is 0 Å². The van der Waals surface area contributed by atoms with Crippen molar-refractivity contribution in [3.8, 4) is 17.0 Å². The Hall–Kier alpha value is -2.69. The molecule has 3 aromatic rings. The third-order valence-corrected chi connectivity index (χ3v) is 3.20. The summed E-state index contributed by atoms with van der Waals surface area (Å²) in [6.07, 6.45) is 3.24. The molecule has 2 heterocycles. The molecule has 0 saturated heterocycles. The van der Waals surface area contributed by atoms with Crippen molar-refractivity contribution < 1.29 is 4.74 Å². The van der Waals surface area contributed by atoms with Crippen LogP contribution in [-0.4, -0.2) is 22.3 Å². The standard InChI is InChI=1S/C15H13N3O2/c1-9-3-4-11(13(7-9)20-2)14-12-8-16-6-5-10(12)15(19)18-17-14/h3-8H,1-2H3,(H,18,19). The van der Waals surface area contributed by atoms with E-state index in [9.17, 15) is 4.79 Å². The molecule has 0 spiro atoms. The van der Waals surface area contributed by atoms with E-state index >= 15 is 0 Å². The number of benzene rings is 1. The molecule has 0 aliphatic rings. The normalized spacial score (nSPS) is 10.7. The van der Waals surface area contributed by atoms with E-state index in [-0.39, 0.29) is 5.56 Å². The molecule has 0 radical (unpaired) electrons. The van der Waals surface area contributed by atoms with Crippen molar-refractivity contribution in [2.75, 3.05) is 7.11 Å². The van der Waals surface area contributed by atoms with Gasteiger partial charge in [-0.05, 0) is 30.7 Å². The molecule has 0 amide bonds. The zero-order valence-corrected chi connectivity index (χ0v) is 11.2. The number of rotatable bonds is 2. The number of nitrogens with zero attached hydrogens (tertiary/aromatic N) is 2. The summed E-state index contributed by atoms with van der Waals surface area (Å²) in [5.41, 5.74) is 2.35. The Bertz CT molecular complexity index is 840. The second kappa shape index (κ2) is 4.77. The van der Waals surface area contributed by atoms with E-state index in [1.807, 2.05) is 25.1 Å². The van der Waals surface area contributed by atoms with Gasteiger partial charge in [0.05, 0.1) is 12.5 Å². The molecule has 0 unspecified atom stereocenters. The zero-order chi connectivity index (χ0) is 14.1. The Morgan fingerprint density at radius 2 is 2.05 bits per heavy atom. The SMILES string of the molecule is COc1cc(C)ccc1-c1n[nH]c(=O)c2ccncc12. The monoisotopic (exact) mass is 267 g/mol. The highest BCUT2D eigenvalue weighted by molar-refractivity contribution is 5.94. The van der Waals surface area contributed by atoms with E-state index in [0.29, 0.717) is 16.5 Å². The fraction of sp³-hybridized carbons (Fsp3) is 0.133. The van der Waals surface area contributed by atoms with Gasteiger partial charge in [0, 0.05) is 23.3 Å². The number of aryl methyl sites for hydroxylation is 1. The molecule has 1 aromatic carbocycles. The minimum Gasteiger partial charge on any atom is -0.496 e. The molecule has 3 rings (SSSR count). The summed E-state index contributed by atoms with van der Waals surface area (Å²) >= 11 is 0. The van der Waals surface area contributed by atoms with Crippen molar-refractivity contribution in [1.29, 1.82) is 0 Å². The number of pyridine rings is 1. The lowest BCUT2D eigenvalue weighted by molar-refractivity contribution is 0.416. The Labute approximate surface area is 115 Å². The fourth-order valence-corrected chi connectivity index (χ4v) is 2.21. The Morgan fingerprint density at radius 3 is 2.85 bits per heavy atom. The first-order valence-corrected chi connectivity index (χ1v) is 6.18. The Balaban J connectivity index is 2.36. The third-order valence-electron chi connectivity index (χ3n) is 3.20. The summed E-state index contributed by atoms with van der Waals surface area (Å²) in [5.74, 6) is 0.717. The summed E-state index contributed by atoms with van der Waals surface area (Å²) in [6.45, 7) is 1.99. The number of hydrogen-bond donors (Lipinski definition) is 1. The van der Waals surface area contributed by atoms with Crippen LogP contribution in [0.2, 0.25) is 0 Å². The first kappa shape index (κ1) is 12.3. The van der Waals surface area contributed by atoms with Gasteiger partial charge in [0.1, 0.15) is 11.4 Å². The molecular formula is C15H13N3O2. The van der Waals surface area contributed by atoms with Crippen LogP contribution < -0.4 is 10.3 Å². The first-order chi connectivity index (χ1) is 9.70. The van der Waals surface area contributed by atoms with Gasteiger partial charge < -0.3 is 4.74 Å². The second-order valence-electron chi connectivity index (χ2n) is 4.53. The first-order valence-electron chi connectivity index (χ1n) is 6.18. The van der Waals surface area contributed by atoms with Gasteiger partial charge in [-0.2, -0.15) is 5.10 Å². The van der Waals surface area contributed by atoms with Gasteiger partial charge in [-0.1, -0.05) is 6.07 Å². The van der Waals surface area contributed by atoms with Crippen molar-refractivity contribution in [2.45, 2.75) is 6.92 Å². The third kappa shape index (κ3) is 1.93. The lowest BCUT2D eigenvalue weighted by Crippen LogP contribution is -2.09. The number of H-pyrrole nitrogens is 1. The number of aromatic amines is 1. The van der Waals surface area contributed by atoms with Crippen LogP contribution in [0.1, 0.15) is 5.56 Å². The summed E-state index contributed by atoms with van der Waals surface area (Å²) in [4.78, 5) is 15.9. The quantitative estimate of drug-likeness (QED) is 0.773. The number of ether oxygens (including phenoxy) is 1. The van der Waals surface area contributed by atoms with Crippen molar-refractivity contribution in [3.05, 3.63) is 52.6 Å². The summed E-state index contributed by atoms with van der Waals surface area (Å²) in [6, 6.07) is 7.53. The smallest absolute Gasteiger partial charge is 0.272 e. The maximum absolute atomic E-state index is 11.8. The number of hydrogen-bond acceptors (Lipinski definition) is 4. The topological polar surface area (TPSA) is 67.9 Å². The van der Waals surface area contributed by atoms with E-state index in [0.717, 1.165) is 16.9 Å². The highest BCUT2D eigenvalue weighted by Gasteiger charge is 2.13. The highest BCUT2D eigenvalue weighted by Crippen LogP contribution is 2.32. The summed E-state index contributed by atoms with van der Waals surface area (Å²) in [5, 5.41) is 7.95. The lowest BCUT2D eigenvalue weighted by Gasteiger charge is -2.10. The van der Waals surface area contributed by atoms with E-state index in [2.05, 4.69) is 15.2 Å². The molecule has 0 saturated carbocycles. The van der Waals surface area contributed by atoms with Crippen LogP contribution in [0.5, 0.6) is 5.75 Å². The van der Waals surface area contributed by atoms with Gasteiger partial charge in [-0.3, -0.25) is 9.78 Å². The average Bonchev–Trinajstić information content (AvgIpc) is 2.48. The molecule has 20 heavy (non-hydrogen) atoms. The Morgan fingerprint density at radius 1 is 1.20 bits per heavy atom. The zero-order valence-electron chi connectivity index (χ0n) is 11.2. The van der Waals surface area contributed by atoms with Gasteiger partial charge in [-0.15, -0.1) is 0 Å². The van der Waals surface area contributed by atoms with Crippen LogP contribution in [0.25, 0.3) is 22.0 Å². The molecule has 0 aliphatic carbocycles. The van der Waals surface area contributed by atoms with Crippen molar-refractivity contribution >= 4 is 10.8 Å². The van der Waals surface area contributed by atoms with Crippen LogP contribution in [0.3, 0.4) is 0 Å². The van der Waals surface area contributed by atoms with Crippen LogP contribution in [0.15, 0.2) is 41.5 Å². The molecule has 5 nitrogen and oxygen atoms in total. The average molecular weight is 267 g/mol. The van der Waals surface area contributed by atoms with Crippen LogP contribution in [0.4, 0.5) is 0 Å². The lowest BCUT2D eigenvalue weighted by atomic mass is 10.0. The molecular weight excluding hydrogens is 254 g/mol. The van der Waals surface area contributed by atoms with Crippen molar-refractivity contribution in [1.82, 2.24) is 15.2 Å². The van der Waals surface area contributed by atoms with Crippen LogP contribution >= 0.6 is 0 Å². The molecule has 1 N–H and O–H groups in total. The minimum atomic E-state index is -0.225. The van der Waals surface area contributed by atoms with E-state index in [1.54, 1.807) is 25.6 Å². The van der Waals surface area contributed by atoms with Crippen LogP contribution in [0, 0.1) is 6.92 Å². The Kier molecular flexibility index (Phi) is 2.95. The summed E-state index contributed by atoms with van der Waals surface area (Å²) in [7, 11) is 1.62. The highest BCUT2D eigenvalue weighted by atomic mass is 16.5. The predicted octanol–water partition coefficient (Wildman–Crippen LogP) is 2.30. The van der Waals surface area contributed by atoms with Crippen molar-refractivity contribution in [2.24, 2.45) is 0 Å². The number of nitrogens with one attached hydrogen (secondary N) is 1. The number of methoxy groups -OCH3 is 1.